The molecule has 2 heterocycles. The number of allylic oxidation sites excluding steroid dienone is 3. The maximum absolute atomic E-state index is 13.6. The Kier molecular flexibility index (Phi) is 5.92. The molecule has 5 aliphatic rings. The molecule has 2 saturated carbocycles. The first-order valence-corrected chi connectivity index (χ1v) is 16.3. The van der Waals surface area contributed by atoms with Crippen LogP contribution in [0.5, 0.6) is 0 Å². The smallest absolute Gasteiger partial charge is 0.331 e. The average Bonchev–Trinajstić information content (AvgIpc) is 3.54. The number of carbonyl (C=O) groups is 2. The van der Waals surface area contributed by atoms with Gasteiger partial charge in [0.25, 0.3) is 0 Å². The number of hydrogen-bond donors (Lipinski definition) is 2. The van der Waals surface area contributed by atoms with Gasteiger partial charge in [0.1, 0.15) is 5.78 Å². The zero-order chi connectivity index (χ0) is 30.9. The van der Waals surface area contributed by atoms with Crippen molar-refractivity contribution in [3.63, 3.8) is 0 Å². The lowest BCUT2D eigenvalue weighted by molar-refractivity contribution is -0.149. The first-order chi connectivity index (χ1) is 20.0. The van der Waals surface area contributed by atoms with Gasteiger partial charge in [-0.05, 0) is 131 Å². The number of rotatable bonds is 3. The number of aromatic nitrogens is 1. The minimum atomic E-state index is -0.929. The van der Waals surface area contributed by atoms with Crippen LogP contribution in [0.15, 0.2) is 42.0 Å². The number of nitrogens with one attached hydrogen (secondary N) is 1. The van der Waals surface area contributed by atoms with Crippen LogP contribution in [0.25, 0.3) is 16.5 Å². The van der Waals surface area contributed by atoms with Crippen LogP contribution in [0, 0.1) is 28.6 Å². The number of carboxylic acids is 1. The number of fused-ring (bicyclic) bond motifs is 10. The van der Waals surface area contributed by atoms with Crippen LogP contribution in [0.1, 0.15) is 103 Å². The number of carboxylic acid groups (broad SMARTS) is 1. The van der Waals surface area contributed by atoms with E-state index in [0.717, 1.165) is 32.1 Å². The van der Waals surface area contributed by atoms with E-state index in [0.29, 0.717) is 18.3 Å². The highest BCUT2D eigenvalue weighted by Gasteiger charge is 2.66. The van der Waals surface area contributed by atoms with Crippen molar-refractivity contribution >= 4 is 28.2 Å². The van der Waals surface area contributed by atoms with Crippen LogP contribution in [-0.2, 0) is 32.6 Å². The molecule has 5 heteroatoms. The number of carbonyl (C=O) groups excluding carboxylic acids is 1. The zero-order valence-corrected chi connectivity index (χ0v) is 27.1. The van der Waals surface area contributed by atoms with Crippen LogP contribution in [-0.4, -0.2) is 33.0 Å². The van der Waals surface area contributed by atoms with Gasteiger partial charge >= 0.3 is 5.97 Å². The fraction of sp³-hybridized carbons (Fsp3) is 0.579. The summed E-state index contributed by atoms with van der Waals surface area (Å²) in [6, 6.07) is 4.90. The molecule has 43 heavy (non-hydrogen) atoms. The standard InChI is InChI=1S/C38H47NO4/c1-21(33(41)42)10-9-14-36(6)30-12-11-23-18-26-25-19-24-22(16-28-27(24)20-34(2,3)43-35(28,4)5)17-29(25)39-32(26)38(23,8)37(30,7)15-13-31(36)40/h9-10,14,17,19-20,23,28,30,39H,11-13,15-16,18H2,1-8H3,(H,41,42)/t23-,28-,30-,36-,37-,38+/m0/s1. The highest BCUT2D eigenvalue weighted by molar-refractivity contribution is 5.93. The summed E-state index contributed by atoms with van der Waals surface area (Å²) in [5, 5.41) is 10.7. The Morgan fingerprint density at radius 1 is 1.07 bits per heavy atom. The van der Waals surface area contributed by atoms with Crippen molar-refractivity contribution in [3.8, 4) is 0 Å². The molecular formula is C38H47NO4. The Bertz CT molecular complexity index is 1680. The molecule has 1 aromatic carbocycles. The molecule has 2 fully saturated rings. The monoisotopic (exact) mass is 581 g/mol. The molecule has 2 aromatic rings. The summed E-state index contributed by atoms with van der Waals surface area (Å²) >= 11 is 0. The summed E-state index contributed by atoms with van der Waals surface area (Å²) in [4.78, 5) is 29.0. The molecular weight excluding hydrogens is 534 g/mol. The fourth-order valence-electron chi connectivity index (χ4n) is 10.7. The minimum absolute atomic E-state index is 0.0638. The van der Waals surface area contributed by atoms with Gasteiger partial charge in [0, 0.05) is 45.3 Å². The van der Waals surface area contributed by atoms with Crippen LogP contribution in [0.2, 0.25) is 0 Å². The van der Waals surface area contributed by atoms with E-state index in [4.69, 9.17) is 4.74 Å². The van der Waals surface area contributed by atoms with Crippen molar-refractivity contribution in [2.75, 3.05) is 0 Å². The molecule has 228 valence electrons. The summed E-state index contributed by atoms with van der Waals surface area (Å²) in [5.41, 5.74) is 7.41. The Morgan fingerprint density at radius 2 is 1.81 bits per heavy atom. The van der Waals surface area contributed by atoms with Crippen molar-refractivity contribution in [2.45, 2.75) is 111 Å². The molecule has 0 saturated heterocycles. The van der Waals surface area contributed by atoms with Crippen molar-refractivity contribution in [1.82, 2.24) is 4.98 Å². The third-order valence-electron chi connectivity index (χ3n) is 13.0. The number of ketones is 1. The van der Waals surface area contributed by atoms with Crippen molar-refractivity contribution < 1.29 is 19.4 Å². The van der Waals surface area contributed by atoms with Gasteiger partial charge < -0.3 is 14.8 Å². The number of H-pyrrole nitrogens is 1. The molecule has 1 aliphatic heterocycles. The largest absolute Gasteiger partial charge is 0.478 e. The lowest BCUT2D eigenvalue weighted by Gasteiger charge is -2.62. The molecule has 0 radical (unpaired) electrons. The Labute approximate surface area is 255 Å². The van der Waals surface area contributed by atoms with E-state index in [1.54, 1.807) is 13.0 Å². The third-order valence-corrected chi connectivity index (χ3v) is 13.0. The lowest BCUT2D eigenvalue weighted by Crippen LogP contribution is -2.60. The highest BCUT2D eigenvalue weighted by Crippen LogP contribution is 2.69. The topological polar surface area (TPSA) is 79.4 Å². The molecule has 4 aliphatic carbocycles. The van der Waals surface area contributed by atoms with E-state index in [9.17, 15) is 14.7 Å². The van der Waals surface area contributed by atoms with Gasteiger partial charge in [-0.25, -0.2) is 4.79 Å². The number of aliphatic carboxylic acids is 1. The number of benzene rings is 1. The van der Waals surface area contributed by atoms with E-state index in [1.807, 2.05) is 12.2 Å². The first-order valence-electron chi connectivity index (χ1n) is 16.3. The number of Topliss-reactive ketones (excluding diaryl/α,β-unsaturated/α-hetero) is 1. The van der Waals surface area contributed by atoms with Crippen molar-refractivity contribution in [1.29, 1.82) is 0 Å². The van der Waals surface area contributed by atoms with Crippen LogP contribution in [0.4, 0.5) is 0 Å². The van der Waals surface area contributed by atoms with Crippen molar-refractivity contribution in [3.05, 3.63) is 64.4 Å². The summed E-state index contributed by atoms with van der Waals surface area (Å²) in [7, 11) is 0. The summed E-state index contributed by atoms with van der Waals surface area (Å²) < 4.78 is 6.53. The minimum Gasteiger partial charge on any atom is -0.478 e. The molecule has 2 N–H and O–H groups in total. The molecule has 0 unspecified atom stereocenters. The van der Waals surface area contributed by atoms with Gasteiger partial charge in [-0.1, -0.05) is 32.1 Å². The molecule has 7 rings (SSSR count). The van der Waals surface area contributed by atoms with Gasteiger partial charge in [-0.3, -0.25) is 4.79 Å². The van der Waals surface area contributed by atoms with Gasteiger partial charge in [0.2, 0.25) is 0 Å². The fourth-order valence-corrected chi connectivity index (χ4v) is 10.7. The SMILES string of the molecule is CC(=CC=C[C@]1(C)C(=O)CC[C@@]2(C)[C@H]1CC[C@H]1Cc3c([nH]c4cc5c(cc34)C3=CC(C)(C)OC(C)(C)[C@H]3C5)[C@@]12C)C(=O)O. The van der Waals surface area contributed by atoms with Crippen LogP contribution in [0.3, 0.4) is 0 Å². The second-order valence-electron chi connectivity index (χ2n) is 16.1. The number of ether oxygens (including phenoxy) is 1. The normalized spacial score (nSPS) is 37.5. The molecule has 0 amide bonds. The molecule has 0 bridgehead atoms. The van der Waals surface area contributed by atoms with Crippen molar-refractivity contribution in [2.24, 2.45) is 28.6 Å². The second-order valence-corrected chi connectivity index (χ2v) is 16.1. The van der Waals surface area contributed by atoms with E-state index in [1.165, 1.54) is 38.9 Å². The summed E-state index contributed by atoms with van der Waals surface area (Å²) in [5.74, 6) is 0.455. The Balaban J connectivity index is 1.32. The first kappa shape index (κ1) is 28.8. The number of hydrogen-bond acceptors (Lipinski definition) is 3. The maximum Gasteiger partial charge on any atom is 0.331 e. The molecule has 0 spiro atoms. The van der Waals surface area contributed by atoms with Gasteiger partial charge in [0.15, 0.2) is 0 Å². The maximum atomic E-state index is 13.6. The average molecular weight is 582 g/mol. The van der Waals surface area contributed by atoms with E-state index >= 15 is 0 Å². The molecule has 1 aromatic heterocycles. The Morgan fingerprint density at radius 3 is 2.53 bits per heavy atom. The van der Waals surface area contributed by atoms with Gasteiger partial charge in [0.05, 0.1) is 11.2 Å². The van der Waals surface area contributed by atoms with E-state index in [2.05, 4.69) is 71.7 Å². The van der Waals surface area contributed by atoms with Crippen LogP contribution < -0.4 is 0 Å². The molecule has 6 atom stereocenters. The second kappa shape index (κ2) is 8.84. The summed E-state index contributed by atoms with van der Waals surface area (Å²) in [6.07, 6.45) is 13.5. The summed E-state index contributed by atoms with van der Waals surface area (Å²) in [6.45, 7) is 17.5. The Hall–Kier alpha value is -2.92. The lowest BCUT2D eigenvalue weighted by atomic mass is 9.41. The predicted molar refractivity (Wildman–Crippen MR) is 171 cm³/mol. The van der Waals surface area contributed by atoms with E-state index in [-0.39, 0.29) is 39.3 Å². The highest BCUT2D eigenvalue weighted by atomic mass is 16.5. The van der Waals surface area contributed by atoms with E-state index < -0.39 is 11.4 Å². The van der Waals surface area contributed by atoms with Gasteiger partial charge in [-0.2, -0.15) is 0 Å². The quantitative estimate of drug-likeness (QED) is 0.283. The van der Waals surface area contributed by atoms with Gasteiger partial charge in [-0.15, -0.1) is 0 Å². The third kappa shape index (κ3) is 3.79. The number of aromatic amines is 1. The molecule has 5 nitrogen and oxygen atoms in total. The van der Waals surface area contributed by atoms with Crippen LogP contribution >= 0.6 is 0 Å². The predicted octanol–water partition coefficient (Wildman–Crippen LogP) is 8.11. The zero-order valence-electron chi connectivity index (χ0n) is 27.1.